The molecule has 1 saturated heterocycles. The van der Waals surface area contributed by atoms with Crippen molar-refractivity contribution in [2.24, 2.45) is 0 Å². The Hall–Kier alpha value is -1.92. The summed E-state index contributed by atoms with van der Waals surface area (Å²) in [4.78, 5) is 21.2. The lowest BCUT2D eigenvalue weighted by Crippen LogP contribution is -2.41. The Morgan fingerprint density at radius 3 is 2.75 bits per heavy atom. The van der Waals surface area contributed by atoms with E-state index >= 15 is 0 Å². The van der Waals surface area contributed by atoms with Gasteiger partial charge in [-0.2, -0.15) is 0 Å². The minimum atomic E-state index is -0.0281. The molecule has 1 aliphatic heterocycles. The Bertz CT molecular complexity index is 696. The van der Waals surface area contributed by atoms with Crippen LogP contribution in [0.5, 0.6) is 0 Å². The number of aromatic nitrogens is 1. The van der Waals surface area contributed by atoms with E-state index in [0.29, 0.717) is 6.04 Å². The molecule has 2 amide bonds. The zero-order valence-corrected chi connectivity index (χ0v) is 14.6. The number of nitrogens with one attached hydrogen (secondary N) is 1. The highest BCUT2D eigenvalue weighted by Crippen LogP contribution is 2.31. The molecule has 0 radical (unpaired) electrons. The number of amides is 2. The molecule has 2 aromatic rings. The maximum absolute atomic E-state index is 12.5. The number of rotatable bonds is 4. The zero-order chi connectivity index (χ0) is 16.5. The van der Waals surface area contributed by atoms with Crippen LogP contribution in [0.4, 0.5) is 10.5 Å². The number of benzene rings is 1. The summed E-state index contributed by atoms with van der Waals surface area (Å²) in [6.07, 6.45) is 5.53. The van der Waals surface area contributed by atoms with Crippen molar-refractivity contribution >= 4 is 23.1 Å². The smallest absolute Gasteiger partial charge is 0.321 e. The van der Waals surface area contributed by atoms with Gasteiger partial charge in [0.1, 0.15) is 5.01 Å². The third-order valence-electron chi connectivity index (χ3n) is 4.94. The van der Waals surface area contributed by atoms with E-state index in [1.165, 1.54) is 12.8 Å². The molecule has 1 aromatic carbocycles. The van der Waals surface area contributed by atoms with Crippen molar-refractivity contribution in [2.45, 2.75) is 31.3 Å². The Labute approximate surface area is 146 Å². The normalized spacial score (nSPS) is 21.0. The van der Waals surface area contributed by atoms with Crippen LogP contribution in [0.1, 0.15) is 19.3 Å². The minimum Gasteiger partial charge on any atom is -0.323 e. The molecule has 1 aromatic heterocycles. The van der Waals surface area contributed by atoms with Gasteiger partial charge >= 0.3 is 6.03 Å². The highest BCUT2D eigenvalue weighted by molar-refractivity contribution is 7.13. The van der Waals surface area contributed by atoms with Crippen molar-refractivity contribution in [1.82, 2.24) is 14.8 Å². The summed E-state index contributed by atoms with van der Waals surface area (Å²) >= 11 is 1.61. The maximum atomic E-state index is 12.5. The van der Waals surface area contributed by atoms with Crippen LogP contribution in [0.2, 0.25) is 0 Å². The highest BCUT2D eigenvalue weighted by Gasteiger charge is 2.36. The van der Waals surface area contributed by atoms with Crippen LogP contribution >= 0.6 is 11.3 Å². The molecular weight excluding hydrogens is 320 g/mol. The van der Waals surface area contributed by atoms with E-state index in [1.807, 2.05) is 41.6 Å². The molecule has 2 aliphatic rings. The molecule has 1 aliphatic carbocycles. The fourth-order valence-corrected chi connectivity index (χ4v) is 3.94. The number of likely N-dealkylation sites (N-methyl/N-ethyl adjacent to an activating group) is 1. The number of hydrogen-bond donors (Lipinski definition) is 1. The van der Waals surface area contributed by atoms with Gasteiger partial charge in [-0.25, -0.2) is 9.78 Å². The molecule has 1 atom stereocenters. The molecule has 0 bridgehead atoms. The van der Waals surface area contributed by atoms with E-state index in [0.717, 1.165) is 41.8 Å². The highest BCUT2D eigenvalue weighted by atomic mass is 32.1. The number of likely N-dealkylation sites (tertiary alicyclic amines) is 1. The van der Waals surface area contributed by atoms with Crippen LogP contribution in [-0.2, 0) is 0 Å². The second-order valence-corrected chi connectivity index (χ2v) is 7.52. The summed E-state index contributed by atoms with van der Waals surface area (Å²) in [5, 5.41) is 5.96. The summed E-state index contributed by atoms with van der Waals surface area (Å²) in [7, 11) is 1.90. The molecule has 4 rings (SSSR count). The van der Waals surface area contributed by atoms with Gasteiger partial charge in [-0.1, -0.05) is 0 Å². The number of carbonyl (C=O) groups excluding carboxylic acids is 1. The SMILES string of the molecule is CN(C(=O)Nc1ccc(-c2nccs2)cc1)C1CCN(C2CC2)C1. The predicted molar refractivity (Wildman–Crippen MR) is 97.3 cm³/mol. The first-order valence-corrected chi connectivity index (χ1v) is 9.36. The largest absolute Gasteiger partial charge is 0.323 e. The Balaban J connectivity index is 1.35. The third-order valence-corrected chi connectivity index (χ3v) is 5.76. The number of nitrogens with zero attached hydrogens (tertiary/aromatic N) is 3. The van der Waals surface area contributed by atoms with Crippen LogP contribution in [0.15, 0.2) is 35.8 Å². The molecule has 1 saturated carbocycles. The fourth-order valence-electron chi connectivity index (χ4n) is 3.30. The van der Waals surface area contributed by atoms with Crippen molar-refractivity contribution in [2.75, 3.05) is 25.5 Å². The minimum absolute atomic E-state index is 0.0281. The second kappa shape index (κ2) is 6.53. The maximum Gasteiger partial charge on any atom is 0.321 e. The van der Waals surface area contributed by atoms with Gasteiger partial charge in [0.25, 0.3) is 0 Å². The molecule has 2 heterocycles. The number of urea groups is 1. The van der Waals surface area contributed by atoms with Crippen LogP contribution in [0.25, 0.3) is 10.6 Å². The second-order valence-electron chi connectivity index (χ2n) is 6.62. The summed E-state index contributed by atoms with van der Waals surface area (Å²) in [6.45, 7) is 2.13. The van der Waals surface area contributed by atoms with Crippen molar-refractivity contribution in [3.63, 3.8) is 0 Å². The number of thiazole rings is 1. The van der Waals surface area contributed by atoms with Crippen molar-refractivity contribution in [1.29, 1.82) is 0 Å². The summed E-state index contributed by atoms with van der Waals surface area (Å²) < 4.78 is 0. The predicted octanol–water partition coefficient (Wildman–Crippen LogP) is 3.51. The first-order chi connectivity index (χ1) is 11.7. The average Bonchev–Trinajstić information content (AvgIpc) is 3.12. The first kappa shape index (κ1) is 15.6. The lowest BCUT2D eigenvalue weighted by Gasteiger charge is -2.25. The van der Waals surface area contributed by atoms with Crippen molar-refractivity contribution < 1.29 is 4.79 Å². The van der Waals surface area contributed by atoms with E-state index in [1.54, 1.807) is 17.5 Å². The summed E-state index contributed by atoms with van der Waals surface area (Å²) in [6, 6.07) is 8.95. The van der Waals surface area contributed by atoms with Crippen molar-refractivity contribution in [3.8, 4) is 10.6 Å². The van der Waals surface area contributed by atoms with Crippen LogP contribution in [0.3, 0.4) is 0 Å². The summed E-state index contributed by atoms with van der Waals surface area (Å²) in [5.74, 6) is 0. The molecule has 5 nitrogen and oxygen atoms in total. The molecule has 0 spiro atoms. The molecule has 2 fully saturated rings. The van der Waals surface area contributed by atoms with E-state index < -0.39 is 0 Å². The quantitative estimate of drug-likeness (QED) is 0.925. The van der Waals surface area contributed by atoms with Crippen LogP contribution in [-0.4, -0.2) is 53.0 Å². The van der Waals surface area contributed by atoms with Gasteiger partial charge in [-0.05, 0) is 43.5 Å². The molecule has 1 N–H and O–H groups in total. The molecule has 24 heavy (non-hydrogen) atoms. The molecule has 1 unspecified atom stereocenters. The van der Waals surface area contributed by atoms with E-state index in [-0.39, 0.29) is 6.03 Å². The van der Waals surface area contributed by atoms with E-state index in [4.69, 9.17) is 0 Å². The zero-order valence-electron chi connectivity index (χ0n) is 13.8. The van der Waals surface area contributed by atoms with Crippen LogP contribution in [0, 0.1) is 0 Å². The number of carbonyl (C=O) groups is 1. The lowest BCUT2D eigenvalue weighted by molar-refractivity contribution is 0.201. The van der Waals surface area contributed by atoms with Gasteiger partial charge in [0.2, 0.25) is 0 Å². The Morgan fingerprint density at radius 2 is 2.08 bits per heavy atom. The van der Waals surface area contributed by atoms with Gasteiger partial charge in [-0.15, -0.1) is 11.3 Å². The molecule has 6 heteroatoms. The average molecular weight is 342 g/mol. The third kappa shape index (κ3) is 3.30. The van der Waals surface area contributed by atoms with Gasteiger partial charge in [0.05, 0.1) is 0 Å². The van der Waals surface area contributed by atoms with Crippen LogP contribution < -0.4 is 5.32 Å². The van der Waals surface area contributed by atoms with Gasteiger partial charge in [0, 0.05) is 55.0 Å². The van der Waals surface area contributed by atoms with Gasteiger partial charge in [-0.3, -0.25) is 4.90 Å². The Morgan fingerprint density at radius 1 is 1.29 bits per heavy atom. The number of hydrogen-bond acceptors (Lipinski definition) is 4. The van der Waals surface area contributed by atoms with Gasteiger partial charge in [0.15, 0.2) is 0 Å². The monoisotopic (exact) mass is 342 g/mol. The topological polar surface area (TPSA) is 48.5 Å². The fraction of sp³-hybridized carbons (Fsp3) is 0.444. The van der Waals surface area contributed by atoms with E-state index in [2.05, 4.69) is 15.2 Å². The lowest BCUT2D eigenvalue weighted by atomic mass is 10.2. The Kier molecular flexibility index (Phi) is 4.24. The number of anilines is 1. The summed E-state index contributed by atoms with van der Waals surface area (Å²) in [5.41, 5.74) is 1.90. The van der Waals surface area contributed by atoms with Crippen molar-refractivity contribution in [3.05, 3.63) is 35.8 Å². The molecular formula is C18H22N4OS. The van der Waals surface area contributed by atoms with Gasteiger partial charge < -0.3 is 10.2 Å². The standard InChI is InChI=1S/C18H22N4OS/c1-21(16-8-10-22(12-16)15-6-7-15)18(23)20-14-4-2-13(3-5-14)17-19-9-11-24-17/h2-5,9,11,15-16H,6-8,10,12H2,1H3,(H,20,23). The first-order valence-electron chi connectivity index (χ1n) is 8.48. The van der Waals surface area contributed by atoms with E-state index in [9.17, 15) is 4.79 Å². The molecule has 126 valence electrons.